The molecule has 0 fully saturated rings. The van der Waals surface area contributed by atoms with Crippen molar-refractivity contribution in [1.29, 1.82) is 0 Å². The summed E-state index contributed by atoms with van der Waals surface area (Å²) < 4.78 is 5.36. The first-order valence-electron chi connectivity index (χ1n) is 7.67. The average molecular weight is 327 g/mol. The number of hydrogen-bond donors (Lipinski definition) is 3. The molecule has 0 spiro atoms. The Hall–Kier alpha value is -3.02. The lowest BCUT2D eigenvalue weighted by Crippen LogP contribution is -2.26. The summed E-state index contributed by atoms with van der Waals surface area (Å²) in [4.78, 5) is 11.8. The number of hydrazone groups is 1. The Morgan fingerprint density at radius 3 is 2.42 bits per heavy atom. The van der Waals surface area contributed by atoms with Crippen LogP contribution in [-0.4, -0.2) is 29.9 Å². The molecule has 0 radical (unpaired) electrons. The number of phenolic OH excluding ortho intramolecular Hbond substituents is 1. The second kappa shape index (κ2) is 8.57. The molecule has 126 valence electrons. The Morgan fingerprint density at radius 2 is 1.79 bits per heavy atom. The number of benzene rings is 2. The highest BCUT2D eigenvalue weighted by atomic mass is 16.5. The second-order valence-electron chi connectivity index (χ2n) is 5.09. The summed E-state index contributed by atoms with van der Waals surface area (Å²) in [5.74, 6) is 0.735. The zero-order valence-electron chi connectivity index (χ0n) is 13.7. The lowest BCUT2D eigenvalue weighted by Gasteiger charge is -2.07. The van der Waals surface area contributed by atoms with Gasteiger partial charge in [0.05, 0.1) is 18.9 Å². The van der Waals surface area contributed by atoms with E-state index in [0.29, 0.717) is 12.3 Å². The van der Waals surface area contributed by atoms with Crippen LogP contribution in [0.4, 0.5) is 5.69 Å². The number of carbonyl (C=O) groups is 1. The van der Waals surface area contributed by atoms with Gasteiger partial charge in [-0.05, 0) is 67.9 Å². The second-order valence-corrected chi connectivity index (χ2v) is 5.09. The van der Waals surface area contributed by atoms with Crippen LogP contribution in [0.2, 0.25) is 0 Å². The number of ether oxygens (including phenoxy) is 1. The fourth-order valence-corrected chi connectivity index (χ4v) is 1.97. The summed E-state index contributed by atoms with van der Waals surface area (Å²) >= 11 is 0. The Bertz CT molecular complexity index is 694. The summed E-state index contributed by atoms with van der Waals surface area (Å²) in [6.45, 7) is 4.44. The van der Waals surface area contributed by atoms with E-state index in [-0.39, 0.29) is 18.2 Å². The molecule has 2 rings (SSSR count). The number of hydrogen-bond acceptors (Lipinski definition) is 5. The topological polar surface area (TPSA) is 83.0 Å². The largest absolute Gasteiger partial charge is 0.508 e. The Kier molecular flexibility index (Phi) is 6.19. The van der Waals surface area contributed by atoms with Crippen LogP contribution in [-0.2, 0) is 4.79 Å². The van der Waals surface area contributed by atoms with Crippen molar-refractivity contribution >= 4 is 17.3 Å². The molecule has 0 heterocycles. The van der Waals surface area contributed by atoms with E-state index in [4.69, 9.17) is 4.74 Å². The maximum absolute atomic E-state index is 11.8. The van der Waals surface area contributed by atoms with Gasteiger partial charge in [0.1, 0.15) is 11.5 Å². The van der Waals surface area contributed by atoms with E-state index in [1.807, 2.05) is 31.2 Å². The number of nitrogens with zero attached hydrogens (tertiary/aromatic N) is 1. The SMILES string of the molecule is CCOc1ccc(NCC(=O)N/N=C(/C)c2ccc(O)cc2)cc1. The Labute approximate surface area is 141 Å². The molecule has 24 heavy (non-hydrogen) atoms. The van der Waals surface area contributed by atoms with Gasteiger partial charge < -0.3 is 15.2 Å². The number of amides is 1. The molecule has 2 aromatic carbocycles. The highest BCUT2D eigenvalue weighted by Gasteiger charge is 2.02. The molecule has 0 aliphatic heterocycles. The van der Waals surface area contributed by atoms with Crippen molar-refractivity contribution in [3.63, 3.8) is 0 Å². The van der Waals surface area contributed by atoms with Crippen LogP contribution in [0, 0.1) is 0 Å². The molecule has 0 aliphatic rings. The van der Waals surface area contributed by atoms with E-state index >= 15 is 0 Å². The molecule has 1 amide bonds. The van der Waals surface area contributed by atoms with Gasteiger partial charge in [0.25, 0.3) is 5.91 Å². The summed E-state index contributed by atoms with van der Waals surface area (Å²) in [7, 11) is 0. The third-order valence-corrected chi connectivity index (χ3v) is 3.25. The van der Waals surface area contributed by atoms with Crippen molar-refractivity contribution in [3.05, 3.63) is 54.1 Å². The van der Waals surface area contributed by atoms with Gasteiger partial charge in [0.2, 0.25) is 0 Å². The first kappa shape index (κ1) is 17.3. The van der Waals surface area contributed by atoms with Crippen molar-refractivity contribution in [2.75, 3.05) is 18.5 Å². The highest BCUT2D eigenvalue weighted by molar-refractivity contribution is 5.99. The van der Waals surface area contributed by atoms with E-state index in [9.17, 15) is 9.90 Å². The number of rotatable bonds is 7. The van der Waals surface area contributed by atoms with E-state index in [1.54, 1.807) is 31.2 Å². The third kappa shape index (κ3) is 5.31. The summed E-state index contributed by atoms with van der Waals surface area (Å²) in [5, 5.41) is 16.3. The van der Waals surface area contributed by atoms with Gasteiger partial charge in [-0.3, -0.25) is 4.79 Å². The first-order valence-corrected chi connectivity index (χ1v) is 7.67. The van der Waals surface area contributed by atoms with E-state index in [2.05, 4.69) is 15.8 Å². The minimum Gasteiger partial charge on any atom is -0.508 e. The van der Waals surface area contributed by atoms with E-state index in [0.717, 1.165) is 17.0 Å². The minimum absolute atomic E-state index is 0.111. The fourth-order valence-electron chi connectivity index (χ4n) is 1.97. The molecule has 6 nitrogen and oxygen atoms in total. The van der Waals surface area contributed by atoms with Crippen molar-refractivity contribution < 1.29 is 14.6 Å². The molecule has 0 aromatic heterocycles. The Morgan fingerprint density at radius 1 is 1.12 bits per heavy atom. The van der Waals surface area contributed by atoms with Crippen molar-refractivity contribution in [2.24, 2.45) is 5.10 Å². The van der Waals surface area contributed by atoms with Gasteiger partial charge in [-0.2, -0.15) is 5.10 Å². The van der Waals surface area contributed by atoms with Gasteiger partial charge in [0, 0.05) is 5.69 Å². The molecule has 0 saturated carbocycles. The van der Waals surface area contributed by atoms with E-state index in [1.165, 1.54) is 0 Å². The maximum atomic E-state index is 11.8. The summed E-state index contributed by atoms with van der Waals surface area (Å²) in [5.41, 5.74) is 4.81. The molecule has 0 saturated heterocycles. The number of aromatic hydroxyl groups is 1. The van der Waals surface area contributed by atoms with Crippen LogP contribution in [0.3, 0.4) is 0 Å². The minimum atomic E-state index is -0.248. The van der Waals surface area contributed by atoms with E-state index < -0.39 is 0 Å². The molecule has 0 bridgehead atoms. The molecule has 0 atom stereocenters. The zero-order chi connectivity index (χ0) is 17.4. The molecular formula is C18H21N3O3. The van der Waals surface area contributed by atoms with Gasteiger partial charge >= 0.3 is 0 Å². The van der Waals surface area contributed by atoms with Gasteiger partial charge in [-0.15, -0.1) is 0 Å². The first-order chi connectivity index (χ1) is 11.6. The number of carbonyl (C=O) groups excluding carboxylic acids is 1. The quantitative estimate of drug-likeness (QED) is 0.539. The monoisotopic (exact) mass is 327 g/mol. The predicted octanol–water partition coefficient (Wildman–Crippen LogP) is 2.74. The smallest absolute Gasteiger partial charge is 0.259 e. The Balaban J connectivity index is 1.82. The van der Waals surface area contributed by atoms with Crippen LogP contribution in [0.15, 0.2) is 53.6 Å². The van der Waals surface area contributed by atoms with Crippen molar-refractivity contribution in [3.8, 4) is 11.5 Å². The molecule has 6 heteroatoms. The lowest BCUT2D eigenvalue weighted by atomic mass is 10.1. The fraction of sp³-hybridized carbons (Fsp3) is 0.222. The molecular weight excluding hydrogens is 306 g/mol. The summed E-state index contributed by atoms with van der Waals surface area (Å²) in [6.07, 6.45) is 0. The molecule has 0 aliphatic carbocycles. The standard InChI is InChI=1S/C18H21N3O3/c1-3-24-17-10-6-15(7-11-17)19-12-18(23)21-20-13(2)14-4-8-16(22)9-5-14/h4-11,19,22H,3,12H2,1-2H3,(H,21,23)/b20-13-. The van der Waals surface area contributed by atoms with Crippen LogP contribution in [0.5, 0.6) is 11.5 Å². The highest BCUT2D eigenvalue weighted by Crippen LogP contribution is 2.15. The number of anilines is 1. The normalized spacial score (nSPS) is 11.0. The van der Waals surface area contributed by atoms with Gasteiger partial charge in [-0.1, -0.05) is 0 Å². The lowest BCUT2D eigenvalue weighted by molar-refractivity contribution is -0.119. The van der Waals surface area contributed by atoms with Crippen molar-refractivity contribution in [2.45, 2.75) is 13.8 Å². The number of phenols is 1. The zero-order valence-corrected chi connectivity index (χ0v) is 13.7. The van der Waals surface area contributed by atoms with Gasteiger partial charge in [-0.25, -0.2) is 5.43 Å². The average Bonchev–Trinajstić information content (AvgIpc) is 2.60. The molecule has 2 aromatic rings. The van der Waals surface area contributed by atoms with Crippen LogP contribution in [0.1, 0.15) is 19.4 Å². The number of nitrogens with one attached hydrogen (secondary N) is 2. The van der Waals surface area contributed by atoms with Crippen LogP contribution < -0.4 is 15.5 Å². The predicted molar refractivity (Wildman–Crippen MR) is 94.6 cm³/mol. The third-order valence-electron chi connectivity index (χ3n) is 3.25. The maximum Gasteiger partial charge on any atom is 0.259 e. The molecule has 3 N–H and O–H groups in total. The van der Waals surface area contributed by atoms with Crippen LogP contribution in [0.25, 0.3) is 0 Å². The van der Waals surface area contributed by atoms with Crippen LogP contribution >= 0.6 is 0 Å². The van der Waals surface area contributed by atoms with Crippen molar-refractivity contribution in [1.82, 2.24) is 5.43 Å². The van der Waals surface area contributed by atoms with Gasteiger partial charge in [0.15, 0.2) is 0 Å². The summed E-state index contributed by atoms with van der Waals surface area (Å²) in [6, 6.07) is 14.0. The molecule has 0 unspecified atom stereocenters.